The van der Waals surface area contributed by atoms with Gasteiger partial charge in [-0.3, -0.25) is 9.88 Å². The smallest absolute Gasteiger partial charge is 0.129 e. The van der Waals surface area contributed by atoms with Crippen LogP contribution in [-0.2, 0) is 0 Å². The van der Waals surface area contributed by atoms with E-state index in [1.165, 1.54) is 5.56 Å². The minimum Gasteiger partial charge on any atom is -0.299 e. The maximum absolute atomic E-state index is 4.14. The third-order valence-electron chi connectivity index (χ3n) is 9.25. The zero-order valence-corrected chi connectivity index (χ0v) is 21.9. The Labute approximate surface area is 206 Å². The molecular formula is C31H38N2Si. The monoisotopic (exact) mass is 466 g/mol. The molecule has 1 aliphatic heterocycles. The molecule has 0 radical (unpaired) electrons. The molecule has 0 amide bonds. The number of nitrogens with zero attached hydrogens (tertiary/aromatic N) is 1. The summed E-state index contributed by atoms with van der Waals surface area (Å²) in [5.74, 6) is 2.88. The van der Waals surface area contributed by atoms with Gasteiger partial charge in [0.1, 0.15) is 8.24 Å². The average molecular weight is 467 g/mol. The van der Waals surface area contributed by atoms with Crippen molar-refractivity contribution in [2.75, 3.05) is 0 Å². The van der Waals surface area contributed by atoms with Crippen molar-refractivity contribution in [2.45, 2.75) is 56.1 Å². The van der Waals surface area contributed by atoms with Crippen molar-refractivity contribution in [1.82, 2.24) is 9.88 Å². The van der Waals surface area contributed by atoms with E-state index >= 15 is 0 Å². The molecule has 6 unspecified atom stereocenters. The van der Waals surface area contributed by atoms with Crippen LogP contribution >= 0.6 is 0 Å². The van der Waals surface area contributed by atoms with Gasteiger partial charge in [0, 0.05) is 18.0 Å². The van der Waals surface area contributed by atoms with Crippen molar-refractivity contribution in [3.63, 3.8) is 0 Å². The lowest BCUT2D eigenvalue weighted by Gasteiger charge is -2.51. The zero-order valence-electron chi connectivity index (χ0n) is 20.9. The van der Waals surface area contributed by atoms with Gasteiger partial charge in [-0.05, 0) is 48.6 Å². The van der Waals surface area contributed by atoms with Crippen LogP contribution in [0.2, 0.25) is 18.6 Å². The Kier molecular flexibility index (Phi) is 5.36. The maximum atomic E-state index is 4.14. The molecule has 1 saturated heterocycles. The molecule has 1 saturated carbocycles. The second kappa shape index (κ2) is 8.19. The third kappa shape index (κ3) is 3.36. The van der Waals surface area contributed by atoms with E-state index in [0.717, 1.165) is 0 Å². The fraction of sp³-hybridized carbons (Fsp3) is 0.419. The molecule has 0 bridgehead atoms. The molecule has 34 heavy (non-hydrogen) atoms. The summed E-state index contributed by atoms with van der Waals surface area (Å²) in [6, 6.07) is 11.8. The first-order valence-corrected chi connectivity index (χ1v) is 16.1. The molecule has 1 aromatic carbocycles. The number of hydrogen-bond acceptors (Lipinski definition) is 2. The Balaban J connectivity index is 1.41. The van der Waals surface area contributed by atoms with E-state index in [1.807, 2.05) is 0 Å². The van der Waals surface area contributed by atoms with E-state index in [4.69, 9.17) is 0 Å². The summed E-state index contributed by atoms with van der Waals surface area (Å²) in [6.45, 7) is 10.2. The predicted molar refractivity (Wildman–Crippen MR) is 146 cm³/mol. The normalized spacial score (nSPS) is 39.6. The molecule has 4 aliphatic carbocycles. The highest BCUT2D eigenvalue weighted by Gasteiger charge is 2.61. The van der Waals surface area contributed by atoms with Crippen molar-refractivity contribution in [3.8, 4) is 0 Å². The van der Waals surface area contributed by atoms with E-state index in [1.54, 1.807) is 0 Å². The molecule has 5 aliphatic rings. The van der Waals surface area contributed by atoms with E-state index in [0.29, 0.717) is 47.2 Å². The lowest BCUT2D eigenvalue weighted by Crippen LogP contribution is -2.64. The summed E-state index contributed by atoms with van der Waals surface area (Å²) in [5.41, 5.74) is 2.04. The molecule has 2 nitrogen and oxygen atoms in total. The van der Waals surface area contributed by atoms with Gasteiger partial charge in [0.15, 0.2) is 0 Å². The lowest BCUT2D eigenvalue weighted by atomic mass is 9.83. The van der Waals surface area contributed by atoms with Crippen LogP contribution in [0.1, 0.15) is 25.3 Å². The van der Waals surface area contributed by atoms with Gasteiger partial charge in [0.25, 0.3) is 0 Å². The molecule has 1 N–H and O–H groups in total. The van der Waals surface area contributed by atoms with Gasteiger partial charge in [0.2, 0.25) is 0 Å². The second-order valence-corrected chi connectivity index (χ2v) is 16.3. The van der Waals surface area contributed by atoms with Crippen molar-refractivity contribution in [3.05, 3.63) is 109 Å². The lowest BCUT2D eigenvalue weighted by molar-refractivity contribution is 0.227. The van der Waals surface area contributed by atoms with Gasteiger partial charge in [-0.2, -0.15) is 0 Å². The van der Waals surface area contributed by atoms with Crippen LogP contribution < -0.4 is 5.32 Å². The third-order valence-corrected chi connectivity index (χ3v) is 13.8. The van der Waals surface area contributed by atoms with Crippen molar-refractivity contribution >= 4 is 8.24 Å². The number of allylic oxidation sites excluding steroid dienone is 10. The number of fused-ring (bicyclic) bond motifs is 4. The number of nitrogens with one attached hydrogen (secondary N) is 1. The van der Waals surface area contributed by atoms with Gasteiger partial charge in [-0.25, -0.2) is 0 Å². The maximum Gasteiger partial charge on any atom is 0.129 e. The van der Waals surface area contributed by atoms with Crippen molar-refractivity contribution < 1.29 is 0 Å². The SMILES string of the molecule is CC1(C)NC2C(c3ccccc3)C=CC=C[C@H]2N1[Si](C)(C)C1C2C=CC=CC2C2C=CC=CC21. The van der Waals surface area contributed by atoms with Crippen LogP contribution in [-0.4, -0.2) is 30.5 Å². The highest BCUT2D eigenvalue weighted by atomic mass is 28.3. The fourth-order valence-corrected chi connectivity index (χ4v) is 13.7. The van der Waals surface area contributed by atoms with Crippen LogP contribution in [0.25, 0.3) is 0 Å². The molecule has 1 heterocycles. The summed E-state index contributed by atoms with van der Waals surface area (Å²) >= 11 is 0. The van der Waals surface area contributed by atoms with Crippen molar-refractivity contribution in [2.24, 2.45) is 23.7 Å². The first-order chi connectivity index (χ1) is 16.4. The van der Waals surface area contributed by atoms with Crippen LogP contribution in [0.5, 0.6) is 0 Å². The van der Waals surface area contributed by atoms with Crippen LogP contribution in [0.3, 0.4) is 0 Å². The molecule has 1 aromatic rings. The molecular weight excluding hydrogens is 428 g/mol. The molecule has 0 spiro atoms. The van der Waals surface area contributed by atoms with Gasteiger partial charge in [-0.1, -0.05) is 116 Å². The molecule has 3 heteroatoms. The number of benzene rings is 1. The molecule has 0 aromatic heterocycles. The van der Waals surface area contributed by atoms with E-state index in [2.05, 4.69) is 140 Å². The average Bonchev–Trinajstić information content (AvgIpc) is 3.23. The Morgan fingerprint density at radius 3 is 1.85 bits per heavy atom. The highest BCUT2D eigenvalue weighted by Crippen LogP contribution is 2.59. The van der Waals surface area contributed by atoms with E-state index < -0.39 is 8.24 Å². The van der Waals surface area contributed by atoms with Gasteiger partial charge >= 0.3 is 0 Å². The van der Waals surface area contributed by atoms with E-state index in [-0.39, 0.29) is 5.66 Å². The second-order valence-electron chi connectivity index (χ2n) is 11.8. The van der Waals surface area contributed by atoms with Crippen molar-refractivity contribution in [1.29, 1.82) is 0 Å². The molecule has 2 fully saturated rings. The van der Waals surface area contributed by atoms with Crippen LogP contribution in [0, 0.1) is 23.7 Å². The molecule has 6 rings (SSSR count). The number of hydrogen-bond donors (Lipinski definition) is 1. The summed E-state index contributed by atoms with van der Waals surface area (Å²) < 4.78 is 2.96. The summed E-state index contributed by atoms with van der Waals surface area (Å²) in [7, 11) is -1.93. The Hall–Kier alpha value is -2.20. The first-order valence-electron chi connectivity index (χ1n) is 13.1. The summed E-state index contributed by atoms with van der Waals surface area (Å²) in [5, 5.41) is 4.14. The first kappa shape index (κ1) is 22.3. The minimum absolute atomic E-state index is 0.0520. The highest BCUT2D eigenvalue weighted by molar-refractivity contribution is 6.76. The van der Waals surface area contributed by atoms with Crippen LogP contribution in [0.15, 0.2) is 103 Å². The summed E-state index contributed by atoms with van der Waals surface area (Å²) in [4.78, 5) is 0. The Morgan fingerprint density at radius 2 is 1.24 bits per heavy atom. The topological polar surface area (TPSA) is 15.3 Å². The standard InChI is InChI=1S/C31H38N2Si/c1-31(2)32-29-23(22-14-6-5-7-15-22)16-12-13-21-28(29)33(31)34(3,4)30-26-19-10-8-17-24(26)25-18-9-11-20-27(25)30/h5-21,23-30,32H,1-4H3/t23?,24?,25?,26?,27?,28-,29?,30?/m1/s1. The van der Waals surface area contributed by atoms with Gasteiger partial charge in [0.05, 0.1) is 5.66 Å². The largest absolute Gasteiger partial charge is 0.299 e. The predicted octanol–water partition coefficient (Wildman–Crippen LogP) is 6.58. The minimum atomic E-state index is -1.93. The quantitative estimate of drug-likeness (QED) is 0.506. The fourth-order valence-electron chi connectivity index (χ4n) is 8.31. The molecule has 7 atom stereocenters. The van der Waals surface area contributed by atoms with Gasteiger partial charge < -0.3 is 0 Å². The van der Waals surface area contributed by atoms with Crippen LogP contribution in [0.4, 0.5) is 0 Å². The molecule has 176 valence electrons. The Morgan fingerprint density at radius 1 is 0.706 bits per heavy atom. The summed E-state index contributed by atoms with van der Waals surface area (Å²) in [6.07, 6.45) is 28.7. The number of rotatable bonds is 3. The van der Waals surface area contributed by atoms with E-state index in [9.17, 15) is 0 Å². The van der Waals surface area contributed by atoms with Gasteiger partial charge in [-0.15, -0.1) is 0 Å². The zero-order chi connectivity index (χ0) is 23.5. The Bertz CT molecular complexity index is 1070.